The van der Waals surface area contributed by atoms with Gasteiger partial charge >= 0.3 is 0 Å². The summed E-state index contributed by atoms with van der Waals surface area (Å²) in [5, 5.41) is 0. The van der Waals surface area contributed by atoms with Crippen molar-refractivity contribution < 1.29 is 4.74 Å². The SMILES string of the molecule is NCC1CCCCCN1CCC1CCCO1. The van der Waals surface area contributed by atoms with Gasteiger partial charge in [0.25, 0.3) is 0 Å². The fraction of sp³-hybridized carbons (Fsp3) is 1.00. The molecule has 0 aromatic carbocycles. The Kier molecular flexibility index (Phi) is 5.07. The second-order valence-electron chi connectivity index (χ2n) is 5.20. The zero-order valence-electron chi connectivity index (χ0n) is 10.4. The van der Waals surface area contributed by atoms with Crippen molar-refractivity contribution in [1.29, 1.82) is 0 Å². The van der Waals surface area contributed by atoms with Crippen molar-refractivity contribution in [2.24, 2.45) is 5.73 Å². The third-order valence-corrected chi connectivity index (χ3v) is 4.03. The Balaban J connectivity index is 1.75. The molecule has 2 rings (SSSR count). The summed E-state index contributed by atoms with van der Waals surface area (Å²) in [6.45, 7) is 4.23. The van der Waals surface area contributed by atoms with E-state index in [0.29, 0.717) is 12.1 Å². The molecule has 2 fully saturated rings. The Morgan fingerprint density at radius 2 is 2.06 bits per heavy atom. The van der Waals surface area contributed by atoms with Gasteiger partial charge < -0.3 is 10.5 Å². The largest absolute Gasteiger partial charge is 0.378 e. The molecule has 2 N–H and O–H groups in total. The zero-order valence-corrected chi connectivity index (χ0v) is 10.4. The van der Waals surface area contributed by atoms with Gasteiger partial charge in [-0.2, -0.15) is 0 Å². The van der Waals surface area contributed by atoms with Crippen molar-refractivity contribution in [3.8, 4) is 0 Å². The molecule has 3 nitrogen and oxygen atoms in total. The third-order valence-electron chi connectivity index (χ3n) is 4.03. The molecule has 0 aromatic rings. The molecular formula is C13H26N2O. The minimum atomic E-state index is 0.529. The quantitative estimate of drug-likeness (QED) is 0.794. The molecule has 3 heteroatoms. The second kappa shape index (κ2) is 6.58. The van der Waals surface area contributed by atoms with E-state index in [2.05, 4.69) is 4.90 Å². The Hall–Kier alpha value is -0.120. The molecule has 0 aromatic heterocycles. The van der Waals surface area contributed by atoms with Gasteiger partial charge in [-0.25, -0.2) is 0 Å². The lowest BCUT2D eigenvalue weighted by Crippen LogP contribution is -2.41. The first-order valence-electron chi connectivity index (χ1n) is 6.96. The first-order valence-corrected chi connectivity index (χ1v) is 6.96. The Bertz CT molecular complexity index is 192. The Morgan fingerprint density at radius 1 is 1.12 bits per heavy atom. The maximum atomic E-state index is 5.87. The minimum Gasteiger partial charge on any atom is -0.378 e. The number of nitrogens with two attached hydrogens (primary N) is 1. The lowest BCUT2D eigenvalue weighted by Gasteiger charge is -2.29. The number of nitrogens with zero attached hydrogens (tertiary/aromatic N) is 1. The molecule has 2 unspecified atom stereocenters. The van der Waals surface area contributed by atoms with E-state index in [9.17, 15) is 0 Å². The summed E-state index contributed by atoms with van der Waals surface area (Å²) >= 11 is 0. The van der Waals surface area contributed by atoms with E-state index >= 15 is 0 Å². The summed E-state index contributed by atoms with van der Waals surface area (Å²) in [4.78, 5) is 2.61. The van der Waals surface area contributed by atoms with Crippen LogP contribution in [-0.2, 0) is 4.74 Å². The van der Waals surface area contributed by atoms with Crippen LogP contribution in [0.3, 0.4) is 0 Å². The molecule has 2 atom stereocenters. The maximum absolute atomic E-state index is 5.87. The summed E-state index contributed by atoms with van der Waals surface area (Å²) < 4.78 is 5.69. The molecule has 0 bridgehead atoms. The summed E-state index contributed by atoms with van der Waals surface area (Å²) in [6, 6.07) is 0.629. The number of ether oxygens (including phenoxy) is 1. The van der Waals surface area contributed by atoms with Gasteiger partial charge in [-0.1, -0.05) is 12.8 Å². The first-order chi connectivity index (χ1) is 7.90. The van der Waals surface area contributed by atoms with Gasteiger partial charge in [0.1, 0.15) is 0 Å². The standard InChI is InChI=1S/C13H26N2O/c14-11-12-5-2-1-3-8-15(12)9-7-13-6-4-10-16-13/h12-13H,1-11,14H2. The topological polar surface area (TPSA) is 38.5 Å². The first kappa shape index (κ1) is 12.3. The van der Waals surface area contributed by atoms with Gasteiger partial charge in [0.15, 0.2) is 0 Å². The van der Waals surface area contributed by atoms with Gasteiger partial charge in [0.2, 0.25) is 0 Å². The lowest BCUT2D eigenvalue weighted by molar-refractivity contribution is 0.0852. The highest BCUT2D eigenvalue weighted by Gasteiger charge is 2.22. The molecule has 0 aliphatic carbocycles. The van der Waals surface area contributed by atoms with Gasteiger partial charge in [0, 0.05) is 25.7 Å². The number of hydrogen-bond acceptors (Lipinski definition) is 3. The molecular weight excluding hydrogens is 200 g/mol. The van der Waals surface area contributed by atoms with Crippen molar-refractivity contribution in [2.75, 3.05) is 26.2 Å². The van der Waals surface area contributed by atoms with Crippen molar-refractivity contribution in [3.05, 3.63) is 0 Å². The van der Waals surface area contributed by atoms with Crippen LogP contribution in [0.15, 0.2) is 0 Å². The van der Waals surface area contributed by atoms with E-state index in [1.165, 1.54) is 58.0 Å². The fourth-order valence-electron chi connectivity index (χ4n) is 2.98. The highest BCUT2D eigenvalue weighted by molar-refractivity contribution is 4.77. The molecule has 16 heavy (non-hydrogen) atoms. The number of likely N-dealkylation sites (tertiary alicyclic amines) is 1. The normalized spacial score (nSPS) is 32.8. The predicted molar refractivity (Wildman–Crippen MR) is 66.5 cm³/mol. The van der Waals surface area contributed by atoms with Crippen LogP contribution in [0, 0.1) is 0 Å². The summed E-state index contributed by atoms with van der Waals surface area (Å²) in [5.74, 6) is 0. The van der Waals surface area contributed by atoms with Crippen LogP contribution in [0.1, 0.15) is 44.9 Å². The van der Waals surface area contributed by atoms with Crippen molar-refractivity contribution in [3.63, 3.8) is 0 Å². The van der Waals surface area contributed by atoms with Gasteiger partial charge in [-0.3, -0.25) is 4.90 Å². The number of hydrogen-bond donors (Lipinski definition) is 1. The lowest BCUT2D eigenvalue weighted by atomic mass is 10.1. The molecule has 94 valence electrons. The van der Waals surface area contributed by atoms with Crippen LogP contribution in [0.25, 0.3) is 0 Å². The summed E-state index contributed by atoms with van der Waals surface area (Å²) in [7, 11) is 0. The van der Waals surface area contributed by atoms with Crippen molar-refractivity contribution >= 4 is 0 Å². The highest BCUT2D eigenvalue weighted by atomic mass is 16.5. The molecule has 2 aliphatic heterocycles. The fourth-order valence-corrected chi connectivity index (χ4v) is 2.98. The minimum absolute atomic E-state index is 0.529. The van der Waals surface area contributed by atoms with Gasteiger partial charge in [-0.15, -0.1) is 0 Å². The van der Waals surface area contributed by atoms with Crippen LogP contribution in [0.5, 0.6) is 0 Å². The van der Waals surface area contributed by atoms with Gasteiger partial charge in [0.05, 0.1) is 6.10 Å². The van der Waals surface area contributed by atoms with Crippen LogP contribution in [0.2, 0.25) is 0 Å². The van der Waals surface area contributed by atoms with E-state index in [0.717, 1.165) is 13.2 Å². The van der Waals surface area contributed by atoms with Crippen molar-refractivity contribution in [1.82, 2.24) is 4.90 Å². The Morgan fingerprint density at radius 3 is 2.81 bits per heavy atom. The molecule has 0 saturated carbocycles. The average Bonchev–Trinajstić information content (AvgIpc) is 2.71. The third kappa shape index (κ3) is 3.44. The second-order valence-corrected chi connectivity index (χ2v) is 5.20. The van der Waals surface area contributed by atoms with E-state index < -0.39 is 0 Å². The zero-order chi connectivity index (χ0) is 11.2. The summed E-state index contributed by atoms with van der Waals surface area (Å²) in [5.41, 5.74) is 5.87. The molecule has 0 spiro atoms. The predicted octanol–water partition coefficient (Wildman–Crippen LogP) is 1.76. The van der Waals surface area contributed by atoms with Gasteiger partial charge in [-0.05, 0) is 38.6 Å². The van der Waals surface area contributed by atoms with Crippen LogP contribution in [-0.4, -0.2) is 43.3 Å². The van der Waals surface area contributed by atoms with E-state index in [-0.39, 0.29) is 0 Å². The average molecular weight is 226 g/mol. The molecule has 2 heterocycles. The van der Waals surface area contributed by atoms with Crippen LogP contribution >= 0.6 is 0 Å². The molecule has 2 saturated heterocycles. The van der Waals surface area contributed by atoms with E-state index in [1.54, 1.807) is 0 Å². The Labute approximate surface area is 99.3 Å². The number of rotatable bonds is 4. The van der Waals surface area contributed by atoms with Crippen LogP contribution < -0.4 is 5.73 Å². The smallest absolute Gasteiger partial charge is 0.0588 e. The van der Waals surface area contributed by atoms with Crippen molar-refractivity contribution in [2.45, 2.75) is 57.1 Å². The summed E-state index contributed by atoms with van der Waals surface area (Å²) in [6.07, 6.45) is 9.64. The molecule has 0 amide bonds. The monoisotopic (exact) mass is 226 g/mol. The highest BCUT2D eigenvalue weighted by Crippen LogP contribution is 2.20. The van der Waals surface area contributed by atoms with E-state index in [4.69, 9.17) is 10.5 Å². The maximum Gasteiger partial charge on any atom is 0.0588 e. The molecule has 2 aliphatic rings. The van der Waals surface area contributed by atoms with Crippen LogP contribution in [0.4, 0.5) is 0 Å². The van der Waals surface area contributed by atoms with E-state index in [1.807, 2.05) is 0 Å². The molecule has 0 radical (unpaired) electrons.